The highest BCUT2D eigenvalue weighted by molar-refractivity contribution is 5.80. The molecule has 2 atom stereocenters. The zero-order valence-electron chi connectivity index (χ0n) is 13.7. The zero-order valence-corrected chi connectivity index (χ0v) is 13.7. The van der Waals surface area contributed by atoms with Gasteiger partial charge in [0.05, 0.1) is 12.0 Å². The molecule has 0 bridgehead atoms. The first-order valence-electron chi connectivity index (χ1n) is 8.65. The van der Waals surface area contributed by atoms with Crippen molar-refractivity contribution in [1.29, 1.82) is 0 Å². The fourth-order valence-corrected chi connectivity index (χ4v) is 3.61. The van der Waals surface area contributed by atoms with E-state index in [1.54, 1.807) is 0 Å². The zero-order chi connectivity index (χ0) is 16.4. The van der Waals surface area contributed by atoms with Crippen LogP contribution >= 0.6 is 0 Å². The van der Waals surface area contributed by atoms with Gasteiger partial charge in [-0.1, -0.05) is 60.7 Å². The van der Waals surface area contributed by atoms with E-state index < -0.39 is 0 Å². The molecule has 2 fully saturated rings. The Morgan fingerprint density at radius 3 is 2.38 bits per heavy atom. The fraction of sp³-hybridized carbons (Fsp3) is 0.350. The van der Waals surface area contributed by atoms with Crippen molar-refractivity contribution in [3.63, 3.8) is 0 Å². The number of nitrogens with one attached hydrogen (secondary N) is 3. The average molecular weight is 321 g/mol. The molecule has 124 valence electrons. The summed E-state index contributed by atoms with van der Waals surface area (Å²) in [6.45, 7) is 1.39. The van der Waals surface area contributed by atoms with Crippen LogP contribution in [0.1, 0.15) is 30.0 Å². The van der Waals surface area contributed by atoms with Crippen molar-refractivity contribution < 1.29 is 4.79 Å². The molecule has 0 aromatic heterocycles. The van der Waals surface area contributed by atoms with Gasteiger partial charge in [-0.05, 0) is 24.0 Å². The quantitative estimate of drug-likeness (QED) is 0.792. The molecule has 2 aromatic carbocycles. The lowest BCUT2D eigenvalue weighted by atomic mass is 9.93. The van der Waals surface area contributed by atoms with Gasteiger partial charge in [0.15, 0.2) is 0 Å². The summed E-state index contributed by atoms with van der Waals surface area (Å²) in [6.07, 6.45) is 2.31. The minimum atomic E-state index is -0.0843. The second-order valence-electron chi connectivity index (χ2n) is 6.88. The molecule has 0 spiro atoms. The van der Waals surface area contributed by atoms with E-state index in [0.717, 1.165) is 24.9 Å². The van der Waals surface area contributed by atoms with E-state index >= 15 is 0 Å². The van der Waals surface area contributed by atoms with Crippen LogP contribution in [0.15, 0.2) is 60.7 Å². The fourth-order valence-electron chi connectivity index (χ4n) is 3.61. The van der Waals surface area contributed by atoms with E-state index in [-0.39, 0.29) is 23.3 Å². The number of hydrogen-bond donors (Lipinski definition) is 3. The average Bonchev–Trinajstić information content (AvgIpc) is 3.28. The van der Waals surface area contributed by atoms with Gasteiger partial charge in [-0.2, -0.15) is 0 Å². The minimum absolute atomic E-state index is 0.0260. The van der Waals surface area contributed by atoms with Gasteiger partial charge >= 0.3 is 0 Å². The third-order valence-corrected chi connectivity index (χ3v) is 5.32. The first-order chi connectivity index (χ1) is 11.8. The molecule has 0 radical (unpaired) electrons. The van der Waals surface area contributed by atoms with Gasteiger partial charge in [0.2, 0.25) is 5.91 Å². The minimum Gasteiger partial charge on any atom is -0.355 e. The largest absolute Gasteiger partial charge is 0.355 e. The van der Waals surface area contributed by atoms with Crippen LogP contribution in [0.4, 0.5) is 0 Å². The third kappa shape index (κ3) is 2.95. The lowest BCUT2D eigenvalue weighted by Gasteiger charge is -2.21. The summed E-state index contributed by atoms with van der Waals surface area (Å²) in [5.74, 6) is 0.0440. The normalized spacial score (nSPS) is 24.5. The van der Waals surface area contributed by atoms with Gasteiger partial charge in [-0.15, -0.1) is 0 Å². The summed E-state index contributed by atoms with van der Waals surface area (Å²) in [5, 5.41) is 3.21. The van der Waals surface area contributed by atoms with Gasteiger partial charge in [-0.3, -0.25) is 10.2 Å². The number of benzene rings is 2. The molecule has 1 heterocycles. The van der Waals surface area contributed by atoms with E-state index in [2.05, 4.69) is 52.6 Å². The Hall–Kier alpha value is -2.17. The molecule has 1 aliphatic carbocycles. The highest BCUT2D eigenvalue weighted by Gasteiger charge is 2.45. The van der Waals surface area contributed by atoms with Crippen LogP contribution in [0.3, 0.4) is 0 Å². The van der Waals surface area contributed by atoms with Crippen molar-refractivity contribution in [2.45, 2.75) is 24.3 Å². The second-order valence-corrected chi connectivity index (χ2v) is 6.88. The molecule has 4 nitrogen and oxygen atoms in total. The Kier molecular flexibility index (Phi) is 4.08. The standard InChI is InChI=1S/C20H23N3O/c24-19(17-13-22-23-18(17)15-7-3-1-4-8-15)21-14-20(11-12-20)16-9-5-2-6-10-16/h1-10,17-18,22-23H,11-14H2,(H,21,24). The van der Waals surface area contributed by atoms with Crippen molar-refractivity contribution in [3.05, 3.63) is 71.8 Å². The highest BCUT2D eigenvalue weighted by atomic mass is 16.2. The molecule has 1 saturated heterocycles. The van der Waals surface area contributed by atoms with Crippen molar-refractivity contribution in [3.8, 4) is 0 Å². The van der Waals surface area contributed by atoms with E-state index in [0.29, 0.717) is 6.54 Å². The van der Waals surface area contributed by atoms with E-state index in [1.165, 1.54) is 5.56 Å². The molecule has 1 aliphatic heterocycles. The predicted octanol–water partition coefficient (Wildman–Crippen LogP) is 2.30. The van der Waals surface area contributed by atoms with Crippen LogP contribution in [0.2, 0.25) is 0 Å². The highest BCUT2D eigenvalue weighted by Crippen LogP contribution is 2.47. The van der Waals surface area contributed by atoms with Crippen molar-refractivity contribution in [2.75, 3.05) is 13.1 Å². The van der Waals surface area contributed by atoms with Gasteiger partial charge in [0, 0.05) is 18.5 Å². The van der Waals surface area contributed by atoms with Crippen LogP contribution in [0, 0.1) is 5.92 Å². The molecule has 1 saturated carbocycles. The van der Waals surface area contributed by atoms with Crippen LogP contribution in [-0.4, -0.2) is 19.0 Å². The maximum atomic E-state index is 12.7. The maximum Gasteiger partial charge on any atom is 0.226 e. The summed E-state index contributed by atoms with van der Waals surface area (Å²) in [4.78, 5) is 12.7. The Bertz CT molecular complexity index is 697. The summed E-state index contributed by atoms with van der Waals surface area (Å²) in [6, 6.07) is 20.7. The van der Waals surface area contributed by atoms with Crippen molar-refractivity contribution in [1.82, 2.24) is 16.2 Å². The topological polar surface area (TPSA) is 53.2 Å². The second kappa shape index (κ2) is 6.38. The molecule has 3 N–H and O–H groups in total. The molecule has 2 aromatic rings. The third-order valence-electron chi connectivity index (χ3n) is 5.32. The van der Waals surface area contributed by atoms with Crippen molar-refractivity contribution in [2.24, 2.45) is 5.92 Å². The number of hydrogen-bond acceptors (Lipinski definition) is 3. The van der Waals surface area contributed by atoms with E-state index in [9.17, 15) is 4.79 Å². The maximum absolute atomic E-state index is 12.7. The summed E-state index contributed by atoms with van der Waals surface area (Å²) < 4.78 is 0. The van der Waals surface area contributed by atoms with Crippen LogP contribution < -0.4 is 16.2 Å². The van der Waals surface area contributed by atoms with Crippen LogP contribution in [0.25, 0.3) is 0 Å². The lowest BCUT2D eigenvalue weighted by Crippen LogP contribution is -2.39. The Morgan fingerprint density at radius 1 is 1.04 bits per heavy atom. The Morgan fingerprint density at radius 2 is 1.71 bits per heavy atom. The Balaban J connectivity index is 1.41. The van der Waals surface area contributed by atoms with Gasteiger partial charge < -0.3 is 5.32 Å². The first-order valence-corrected chi connectivity index (χ1v) is 8.65. The van der Waals surface area contributed by atoms with Crippen LogP contribution in [-0.2, 0) is 10.2 Å². The summed E-state index contributed by atoms with van der Waals surface area (Å²) in [5.41, 5.74) is 9.01. The molecular formula is C20H23N3O. The number of carbonyl (C=O) groups excluding carboxylic acids is 1. The molecule has 4 heteroatoms. The predicted molar refractivity (Wildman–Crippen MR) is 94.2 cm³/mol. The molecule has 2 unspecified atom stereocenters. The van der Waals surface area contributed by atoms with Crippen molar-refractivity contribution >= 4 is 5.91 Å². The molecule has 2 aliphatic rings. The van der Waals surface area contributed by atoms with Gasteiger partial charge in [-0.25, -0.2) is 5.43 Å². The molecule has 1 amide bonds. The molecule has 4 rings (SSSR count). The lowest BCUT2D eigenvalue weighted by molar-refractivity contribution is -0.125. The Labute approximate surface area is 142 Å². The first kappa shape index (κ1) is 15.4. The summed E-state index contributed by atoms with van der Waals surface area (Å²) in [7, 11) is 0. The smallest absolute Gasteiger partial charge is 0.226 e. The van der Waals surface area contributed by atoms with Crippen LogP contribution in [0.5, 0.6) is 0 Å². The summed E-state index contributed by atoms with van der Waals surface area (Å²) >= 11 is 0. The van der Waals surface area contributed by atoms with E-state index in [4.69, 9.17) is 0 Å². The monoisotopic (exact) mass is 321 g/mol. The number of hydrazine groups is 1. The molecule has 24 heavy (non-hydrogen) atoms. The number of carbonyl (C=O) groups is 1. The number of amides is 1. The number of rotatable bonds is 5. The van der Waals surface area contributed by atoms with Gasteiger partial charge in [0.25, 0.3) is 0 Å². The molecular weight excluding hydrogens is 298 g/mol. The SMILES string of the molecule is O=C(NCC1(c2ccccc2)CC1)C1CNNC1c1ccccc1. The van der Waals surface area contributed by atoms with E-state index in [1.807, 2.05) is 24.3 Å². The van der Waals surface area contributed by atoms with Gasteiger partial charge in [0.1, 0.15) is 0 Å².